The number of rotatable bonds is 0. The molecule has 2 aromatic rings. The minimum absolute atomic E-state index is 0.141. The molecule has 0 fully saturated rings. The van der Waals surface area contributed by atoms with E-state index >= 15 is 0 Å². The Morgan fingerprint density at radius 3 is 3.07 bits per heavy atom. The number of hydrogen-bond donors (Lipinski definition) is 0. The molecule has 1 unspecified atom stereocenters. The predicted molar refractivity (Wildman–Crippen MR) is 57.7 cm³/mol. The summed E-state index contributed by atoms with van der Waals surface area (Å²) in [5.41, 5.74) is 2.21. The number of alkyl halides is 1. The van der Waals surface area contributed by atoms with Crippen LogP contribution < -0.4 is 0 Å². The van der Waals surface area contributed by atoms with Crippen LogP contribution in [0.5, 0.6) is 0 Å². The first-order valence-electron chi connectivity index (χ1n) is 5.00. The summed E-state index contributed by atoms with van der Waals surface area (Å²) in [7, 11) is 0. The van der Waals surface area contributed by atoms with Crippen LogP contribution in [-0.4, -0.2) is 0 Å². The SMILES string of the molecule is ClC1CCCc2oc3ccccc3c21. The van der Waals surface area contributed by atoms with Crippen molar-refractivity contribution in [3.05, 3.63) is 35.6 Å². The van der Waals surface area contributed by atoms with Gasteiger partial charge in [-0.2, -0.15) is 0 Å². The third kappa shape index (κ3) is 1.09. The van der Waals surface area contributed by atoms with Crippen LogP contribution in [0.25, 0.3) is 11.0 Å². The molecule has 14 heavy (non-hydrogen) atoms. The molecule has 0 aliphatic heterocycles. The lowest BCUT2D eigenvalue weighted by atomic mass is 9.95. The van der Waals surface area contributed by atoms with Crippen LogP contribution in [0, 0.1) is 0 Å². The monoisotopic (exact) mass is 206 g/mol. The van der Waals surface area contributed by atoms with Gasteiger partial charge in [0.2, 0.25) is 0 Å². The molecule has 1 aromatic heterocycles. The van der Waals surface area contributed by atoms with E-state index < -0.39 is 0 Å². The highest BCUT2D eigenvalue weighted by Gasteiger charge is 2.24. The van der Waals surface area contributed by atoms with E-state index in [-0.39, 0.29) is 5.38 Å². The zero-order valence-corrected chi connectivity index (χ0v) is 8.55. The van der Waals surface area contributed by atoms with Crippen molar-refractivity contribution in [1.29, 1.82) is 0 Å². The van der Waals surface area contributed by atoms with Crippen LogP contribution in [0.2, 0.25) is 0 Å². The van der Waals surface area contributed by atoms with Gasteiger partial charge in [0.15, 0.2) is 0 Å². The maximum Gasteiger partial charge on any atom is 0.134 e. The Balaban J connectivity index is 2.34. The first-order valence-corrected chi connectivity index (χ1v) is 5.44. The highest BCUT2D eigenvalue weighted by atomic mass is 35.5. The second-order valence-corrected chi connectivity index (χ2v) is 4.32. The van der Waals surface area contributed by atoms with Gasteiger partial charge in [-0.1, -0.05) is 18.2 Å². The summed E-state index contributed by atoms with van der Waals surface area (Å²) in [6, 6.07) is 8.15. The third-order valence-electron chi connectivity index (χ3n) is 2.89. The van der Waals surface area contributed by atoms with Crippen molar-refractivity contribution in [1.82, 2.24) is 0 Å². The van der Waals surface area contributed by atoms with Crippen LogP contribution in [0.15, 0.2) is 28.7 Å². The van der Waals surface area contributed by atoms with Gasteiger partial charge >= 0.3 is 0 Å². The topological polar surface area (TPSA) is 13.1 Å². The fourth-order valence-corrected chi connectivity index (χ4v) is 2.62. The highest BCUT2D eigenvalue weighted by molar-refractivity contribution is 6.22. The molecule has 0 spiro atoms. The van der Waals surface area contributed by atoms with Crippen molar-refractivity contribution in [3.63, 3.8) is 0 Å². The van der Waals surface area contributed by atoms with E-state index in [1.165, 1.54) is 10.9 Å². The Hall–Kier alpha value is -0.950. The Bertz CT molecular complexity index is 472. The molecule has 1 heterocycles. The van der Waals surface area contributed by atoms with Crippen molar-refractivity contribution >= 4 is 22.6 Å². The Morgan fingerprint density at radius 1 is 1.29 bits per heavy atom. The number of furan rings is 1. The van der Waals surface area contributed by atoms with E-state index in [1.54, 1.807) is 0 Å². The van der Waals surface area contributed by atoms with Gasteiger partial charge in [-0.25, -0.2) is 0 Å². The maximum absolute atomic E-state index is 6.31. The maximum atomic E-state index is 6.31. The number of halogens is 1. The summed E-state index contributed by atoms with van der Waals surface area (Å²) in [4.78, 5) is 0. The van der Waals surface area contributed by atoms with Crippen molar-refractivity contribution in [2.24, 2.45) is 0 Å². The molecule has 1 aromatic carbocycles. The molecule has 2 heteroatoms. The number of hydrogen-bond acceptors (Lipinski definition) is 1. The summed E-state index contributed by atoms with van der Waals surface area (Å²) < 4.78 is 5.78. The van der Waals surface area contributed by atoms with Gasteiger partial charge in [0.25, 0.3) is 0 Å². The van der Waals surface area contributed by atoms with Gasteiger partial charge in [0, 0.05) is 17.4 Å². The number of benzene rings is 1. The largest absolute Gasteiger partial charge is 0.461 e. The van der Waals surface area contributed by atoms with Gasteiger partial charge in [-0.3, -0.25) is 0 Å². The van der Waals surface area contributed by atoms with Gasteiger partial charge < -0.3 is 4.42 Å². The molecule has 0 N–H and O–H groups in total. The molecule has 0 saturated heterocycles. The highest BCUT2D eigenvalue weighted by Crippen LogP contribution is 2.40. The molecular weight excluding hydrogens is 196 g/mol. The van der Waals surface area contributed by atoms with Crippen molar-refractivity contribution in [2.75, 3.05) is 0 Å². The molecule has 72 valence electrons. The lowest BCUT2D eigenvalue weighted by Gasteiger charge is -2.15. The van der Waals surface area contributed by atoms with E-state index in [0.29, 0.717) is 0 Å². The minimum atomic E-state index is 0.141. The Labute approximate surface area is 87.7 Å². The third-order valence-corrected chi connectivity index (χ3v) is 3.32. The second-order valence-electron chi connectivity index (χ2n) is 3.79. The van der Waals surface area contributed by atoms with Crippen LogP contribution in [0.4, 0.5) is 0 Å². The smallest absolute Gasteiger partial charge is 0.134 e. The molecule has 1 atom stereocenters. The zero-order valence-electron chi connectivity index (χ0n) is 7.79. The zero-order chi connectivity index (χ0) is 9.54. The minimum Gasteiger partial charge on any atom is -0.461 e. The lowest BCUT2D eigenvalue weighted by molar-refractivity contribution is 0.502. The van der Waals surface area contributed by atoms with Gasteiger partial charge in [-0.05, 0) is 18.9 Å². The molecule has 0 bridgehead atoms. The van der Waals surface area contributed by atoms with Crippen molar-refractivity contribution in [3.8, 4) is 0 Å². The van der Waals surface area contributed by atoms with E-state index in [9.17, 15) is 0 Å². The molecule has 0 saturated carbocycles. The average molecular weight is 207 g/mol. The average Bonchev–Trinajstić information content (AvgIpc) is 2.57. The summed E-state index contributed by atoms with van der Waals surface area (Å²) in [5, 5.41) is 1.34. The van der Waals surface area contributed by atoms with E-state index in [1.807, 2.05) is 18.2 Å². The van der Waals surface area contributed by atoms with Crippen molar-refractivity contribution in [2.45, 2.75) is 24.6 Å². The van der Waals surface area contributed by atoms with Gasteiger partial charge in [0.05, 0.1) is 5.38 Å². The molecular formula is C12H11ClO. The predicted octanol–water partition coefficient (Wildman–Crippen LogP) is 4.05. The van der Waals surface area contributed by atoms with Crippen LogP contribution in [0.3, 0.4) is 0 Å². The molecule has 3 rings (SSSR count). The van der Waals surface area contributed by atoms with Crippen LogP contribution in [0.1, 0.15) is 29.5 Å². The number of aryl methyl sites for hydroxylation is 1. The van der Waals surface area contributed by atoms with E-state index in [2.05, 4.69) is 6.07 Å². The molecule has 1 nitrogen and oxygen atoms in total. The number of para-hydroxylation sites is 1. The first kappa shape index (κ1) is 8.37. The van der Waals surface area contributed by atoms with Crippen LogP contribution in [-0.2, 0) is 6.42 Å². The molecule has 0 amide bonds. The van der Waals surface area contributed by atoms with Gasteiger partial charge in [0.1, 0.15) is 11.3 Å². The second kappa shape index (κ2) is 3.03. The quantitative estimate of drug-likeness (QED) is 0.593. The normalized spacial score (nSPS) is 21.1. The van der Waals surface area contributed by atoms with Crippen LogP contribution >= 0.6 is 11.6 Å². The fourth-order valence-electron chi connectivity index (χ4n) is 2.23. The van der Waals surface area contributed by atoms with E-state index in [0.717, 1.165) is 30.6 Å². The Morgan fingerprint density at radius 2 is 2.14 bits per heavy atom. The molecule has 1 aliphatic rings. The number of fused-ring (bicyclic) bond motifs is 3. The summed E-state index contributed by atoms with van der Waals surface area (Å²) in [5.74, 6) is 1.09. The molecule has 0 radical (unpaired) electrons. The summed E-state index contributed by atoms with van der Waals surface area (Å²) in [6.07, 6.45) is 3.24. The van der Waals surface area contributed by atoms with Crippen molar-refractivity contribution < 1.29 is 4.42 Å². The van der Waals surface area contributed by atoms with E-state index in [4.69, 9.17) is 16.0 Å². The lowest BCUT2D eigenvalue weighted by Crippen LogP contribution is -2.01. The summed E-state index contributed by atoms with van der Waals surface area (Å²) >= 11 is 6.31. The standard InChI is InChI=1S/C12H11ClO/c13-9-5-3-7-11-12(9)8-4-1-2-6-10(8)14-11/h1-2,4,6,9H,3,5,7H2. The summed E-state index contributed by atoms with van der Waals surface area (Å²) in [6.45, 7) is 0. The fraction of sp³-hybridized carbons (Fsp3) is 0.333. The first-order chi connectivity index (χ1) is 6.86. The van der Waals surface area contributed by atoms with Gasteiger partial charge in [-0.15, -0.1) is 11.6 Å². The molecule has 1 aliphatic carbocycles. The Kier molecular flexibility index (Phi) is 1.81.